The number of sulfonamides is 1. The summed E-state index contributed by atoms with van der Waals surface area (Å²) in [4.78, 5) is 37.4. The van der Waals surface area contributed by atoms with Crippen LogP contribution in [-0.2, 0) is 29.1 Å². The number of amides is 2. The molecule has 0 aliphatic carbocycles. The lowest BCUT2D eigenvalue weighted by Crippen LogP contribution is -2.38. The van der Waals surface area contributed by atoms with Gasteiger partial charge in [0.25, 0.3) is 5.91 Å². The van der Waals surface area contributed by atoms with Gasteiger partial charge < -0.3 is 15.0 Å². The van der Waals surface area contributed by atoms with E-state index in [1.54, 1.807) is 0 Å². The molecule has 0 saturated carbocycles. The molecule has 9 nitrogen and oxygen atoms in total. The molecule has 10 heteroatoms. The quantitative estimate of drug-likeness (QED) is 0.675. The molecule has 3 N–H and O–H groups in total. The van der Waals surface area contributed by atoms with Gasteiger partial charge in [-0.1, -0.05) is 6.42 Å². The summed E-state index contributed by atoms with van der Waals surface area (Å²) in [7, 11) is -3.82. The zero-order valence-electron chi connectivity index (χ0n) is 15.0. The second-order valence-corrected chi connectivity index (χ2v) is 7.88. The first-order chi connectivity index (χ1) is 12.7. The minimum absolute atomic E-state index is 0.0814. The summed E-state index contributed by atoms with van der Waals surface area (Å²) in [5.41, 5.74) is 0.331. The van der Waals surface area contributed by atoms with Crippen LogP contribution in [0.25, 0.3) is 0 Å². The monoisotopic (exact) mass is 397 g/mol. The number of hydrogen-bond acceptors (Lipinski definition) is 6. The fraction of sp³-hybridized carbons (Fsp3) is 0.471. The highest BCUT2D eigenvalue weighted by Crippen LogP contribution is 2.14. The SMILES string of the molecule is C[C@H](OC(=O)CN1CCCCCC1=O)C(=O)Nc1ccc(S(N)(=O)=O)cc1. The van der Waals surface area contributed by atoms with E-state index >= 15 is 0 Å². The number of rotatable bonds is 6. The van der Waals surface area contributed by atoms with Crippen molar-refractivity contribution in [2.24, 2.45) is 5.14 Å². The number of carbonyl (C=O) groups excluding carboxylic acids is 3. The number of hydrogen-bond donors (Lipinski definition) is 2. The standard InChI is InChI=1S/C17H23N3O6S/c1-12(26-16(22)11-20-10-4-2-3-5-15(20)21)17(23)19-13-6-8-14(9-7-13)27(18,24)25/h6-9,12H,2-5,10-11H2,1H3,(H,19,23)(H2,18,24,25)/t12-/m0/s1. The number of ether oxygens (including phenoxy) is 1. The number of primary sulfonamides is 1. The molecule has 1 atom stereocenters. The summed E-state index contributed by atoms with van der Waals surface area (Å²) < 4.78 is 27.5. The molecule has 0 unspecified atom stereocenters. The van der Waals surface area contributed by atoms with E-state index in [2.05, 4.69) is 5.32 Å². The van der Waals surface area contributed by atoms with E-state index in [9.17, 15) is 22.8 Å². The van der Waals surface area contributed by atoms with Gasteiger partial charge in [0.2, 0.25) is 15.9 Å². The van der Waals surface area contributed by atoms with Gasteiger partial charge in [0, 0.05) is 18.7 Å². The zero-order chi connectivity index (χ0) is 20.0. The topological polar surface area (TPSA) is 136 Å². The second kappa shape index (κ2) is 8.96. The molecule has 0 spiro atoms. The van der Waals surface area contributed by atoms with Crippen LogP contribution in [0.5, 0.6) is 0 Å². The molecule has 1 saturated heterocycles. The van der Waals surface area contributed by atoms with Crippen molar-refractivity contribution < 1.29 is 27.5 Å². The molecule has 1 aromatic rings. The molecule has 148 valence electrons. The van der Waals surface area contributed by atoms with Gasteiger partial charge in [0.05, 0.1) is 4.90 Å². The van der Waals surface area contributed by atoms with Crippen molar-refractivity contribution in [1.82, 2.24) is 4.90 Å². The molecule has 2 amide bonds. The molecule has 2 rings (SSSR count). The highest BCUT2D eigenvalue weighted by atomic mass is 32.2. The van der Waals surface area contributed by atoms with Gasteiger partial charge in [-0.15, -0.1) is 0 Å². The lowest BCUT2D eigenvalue weighted by Gasteiger charge is -2.20. The van der Waals surface area contributed by atoms with Crippen LogP contribution in [0.3, 0.4) is 0 Å². The Bertz CT molecular complexity index is 806. The highest BCUT2D eigenvalue weighted by Gasteiger charge is 2.23. The molecular weight excluding hydrogens is 374 g/mol. The minimum atomic E-state index is -3.82. The summed E-state index contributed by atoms with van der Waals surface area (Å²) in [6.45, 7) is 1.74. The summed E-state index contributed by atoms with van der Waals surface area (Å²) in [5, 5.41) is 7.52. The van der Waals surface area contributed by atoms with E-state index in [4.69, 9.17) is 9.88 Å². The van der Waals surface area contributed by atoms with Crippen LogP contribution < -0.4 is 10.5 Å². The smallest absolute Gasteiger partial charge is 0.326 e. The predicted molar refractivity (Wildman–Crippen MR) is 97.0 cm³/mol. The summed E-state index contributed by atoms with van der Waals surface area (Å²) in [6.07, 6.45) is 1.94. The van der Waals surface area contributed by atoms with Crippen LogP contribution >= 0.6 is 0 Å². The van der Waals surface area contributed by atoms with Crippen LogP contribution in [0.1, 0.15) is 32.6 Å². The molecule has 1 aliphatic heterocycles. The molecule has 0 bridgehead atoms. The summed E-state index contributed by atoms with van der Waals surface area (Å²) >= 11 is 0. The Morgan fingerprint density at radius 3 is 2.52 bits per heavy atom. The maximum Gasteiger partial charge on any atom is 0.326 e. The summed E-state index contributed by atoms with van der Waals surface area (Å²) in [6, 6.07) is 5.27. The number of likely N-dealkylation sites (tertiary alicyclic amines) is 1. The largest absolute Gasteiger partial charge is 0.451 e. The van der Waals surface area contributed by atoms with E-state index in [0.29, 0.717) is 18.7 Å². The zero-order valence-corrected chi connectivity index (χ0v) is 15.8. The van der Waals surface area contributed by atoms with Crippen LogP contribution in [0.2, 0.25) is 0 Å². The number of esters is 1. The van der Waals surface area contributed by atoms with E-state index in [1.807, 2.05) is 0 Å². The van der Waals surface area contributed by atoms with Gasteiger partial charge in [-0.05, 0) is 44.0 Å². The van der Waals surface area contributed by atoms with Crippen LogP contribution in [0.4, 0.5) is 5.69 Å². The van der Waals surface area contributed by atoms with Gasteiger partial charge in [0.15, 0.2) is 6.10 Å². The van der Waals surface area contributed by atoms with Gasteiger partial charge >= 0.3 is 5.97 Å². The van der Waals surface area contributed by atoms with Gasteiger partial charge in [-0.2, -0.15) is 0 Å². The number of nitrogens with zero attached hydrogens (tertiary/aromatic N) is 1. The van der Waals surface area contributed by atoms with E-state index in [-0.39, 0.29) is 17.3 Å². The number of nitrogens with two attached hydrogens (primary N) is 1. The Morgan fingerprint density at radius 1 is 1.22 bits per heavy atom. The van der Waals surface area contributed by atoms with Gasteiger partial charge in [-0.25, -0.2) is 13.6 Å². The first-order valence-corrected chi connectivity index (χ1v) is 10.1. The van der Waals surface area contributed by atoms with Crippen molar-refractivity contribution in [2.45, 2.75) is 43.6 Å². The molecule has 1 heterocycles. The van der Waals surface area contributed by atoms with Gasteiger partial charge in [-0.3, -0.25) is 14.4 Å². The molecule has 1 aromatic carbocycles. The third-order valence-corrected chi connectivity index (χ3v) is 5.05. The van der Waals surface area contributed by atoms with Crippen molar-refractivity contribution >= 4 is 33.5 Å². The van der Waals surface area contributed by atoms with Crippen molar-refractivity contribution in [3.05, 3.63) is 24.3 Å². The van der Waals surface area contributed by atoms with Crippen LogP contribution in [-0.4, -0.2) is 50.3 Å². The average Bonchev–Trinajstić information content (AvgIpc) is 2.79. The molecular formula is C17H23N3O6S. The van der Waals surface area contributed by atoms with Crippen molar-refractivity contribution in [1.29, 1.82) is 0 Å². The molecule has 27 heavy (non-hydrogen) atoms. The molecule has 0 radical (unpaired) electrons. The predicted octanol–water partition coefficient (Wildman–Crippen LogP) is 0.607. The molecule has 0 aromatic heterocycles. The first-order valence-electron chi connectivity index (χ1n) is 8.58. The minimum Gasteiger partial charge on any atom is -0.451 e. The Hall–Kier alpha value is -2.46. The number of benzene rings is 1. The number of anilines is 1. The van der Waals surface area contributed by atoms with Gasteiger partial charge in [0.1, 0.15) is 6.54 Å². The fourth-order valence-corrected chi connectivity index (χ4v) is 3.14. The summed E-state index contributed by atoms with van der Waals surface area (Å²) in [5.74, 6) is -1.32. The Morgan fingerprint density at radius 2 is 1.89 bits per heavy atom. The highest BCUT2D eigenvalue weighted by molar-refractivity contribution is 7.89. The average molecular weight is 397 g/mol. The third kappa shape index (κ3) is 6.33. The maximum atomic E-state index is 12.1. The fourth-order valence-electron chi connectivity index (χ4n) is 2.62. The Kier molecular flexibility index (Phi) is 6.92. The maximum absolute atomic E-state index is 12.1. The van der Waals surface area contributed by atoms with E-state index in [0.717, 1.165) is 19.3 Å². The van der Waals surface area contributed by atoms with Crippen molar-refractivity contribution in [2.75, 3.05) is 18.4 Å². The second-order valence-electron chi connectivity index (χ2n) is 6.32. The van der Waals surface area contributed by atoms with Crippen LogP contribution in [0, 0.1) is 0 Å². The molecule has 1 fully saturated rings. The third-order valence-electron chi connectivity index (χ3n) is 4.12. The molecule has 1 aliphatic rings. The number of nitrogens with one attached hydrogen (secondary N) is 1. The Balaban J connectivity index is 1.87. The number of carbonyl (C=O) groups is 3. The Labute approximate surface area is 157 Å². The first kappa shape index (κ1) is 20.8. The van der Waals surface area contributed by atoms with Crippen LogP contribution in [0.15, 0.2) is 29.2 Å². The van der Waals surface area contributed by atoms with E-state index < -0.39 is 28.0 Å². The van der Waals surface area contributed by atoms with E-state index in [1.165, 1.54) is 36.1 Å². The lowest BCUT2D eigenvalue weighted by atomic mass is 10.2. The van der Waals surface area contributed by atoms with Crippen molar-refractivity contribution in [3.63, 3.8) is 0 Å². The lowest BCUT2D eigenvalue weighted by molar-refractivity contribution is -0.156. The normalized spacial score (nSPS) is 16.4. The van der Waals surface area contributed by atoms with Crippen molar-refractivity contribution in [3.8, 4) is 0 Å².